The Hall–Kier alpha value is -3.34. The van der Waals surface area contributed by atoms with Crippen molar-refractivity contribution < 1.29 is 9.59 Å². The second-order valence-corrected chi connectivity index (χ2v) is 7.76. The van der Waals surface area contributed by atoms with Crippen molar-refractivity contribution in [3.05, 3.63) is 90.3 Å². The lowest BCUT2D eigenvalue weighted by Gasteiger charge is -2.32. The molecule has 0 atom stereocenters. The van der Waals surface area contributed by atoms with Crippen LogP contribution in [0.15, 0.2) is 79.1 Å². The fourth-order valence-electron chi connectivity index (χ4n) is 3.89. The molecule has 2 heterocycles. The van der Waals surface area contributed by atoms with Gasteiger partial charge in [-0.15, -0.1) is 0 Å². The standard InChI is InChI=1S/C25H27N3O2/c29-24(13-8-20-6-2-1-3-7-20)26-22-14-18-28(19-15-22)25(30)21-9-11-23(12-10-21)27-16-4-5-17-27/h1-7,9-12,16-17,22H,8,13-15,18-19H2,(H,26,29). The van der Waals surface area contributed by atoms with Crippen LogP contribution in [0, 0.1) is 0 Å². The quantitative estimate of drug-likeness (QED) is 0.683. The van der Waals surface area contributed by atoms with Gasteiger partial charge < -0.3 is 14.8 Å². The highest BCUT2D eigenvalue weighted by Gasteiger charge is 2.24. The summed E-state index contributed by atoms with van der Waals surface area (Å²) in [6.07, 6.45) is 6.81. The summed E-state index contributed by atoms with van der Waals surface area (Å²) in [5, 5.41) is 3.13. The van der Waals surface area contributed by atoms with Gasteiger partial charge in [0.05, 0.1) is 0 Å². The van der Waals surface area contributed by atoms with E-state index in [1.807, 2.05) is 88.6 Å². The molecule has 1 aliphatic heterocycles. The average Bonchev–Trinajstić information content (AvgIpc) is 3.34. The van der Waals surface area contributed by atoms with Crippen LogP contribution in [0.5, 0.6) is 0 Å². The smallest absolute Gasteiger partial charge is 0.253 e. The van der Waals surface area contributed by atoms with Gasteiger partial charge in [0.25, 0.3) is 5.91 Å². The molecule has 154 valence electrons. The maximum atomic E-state index is 12.8. The van der Waals surface area contributed by atoms with Crippen LogP contribution in [0.4, 0.5) is 0 Å². The molecule has 1 fully saturated rings. The lowest BCUT2D eigenvalue weighted by Crippen LogP contribution is -2.46. The number of nitrogens with zero attached hydrogens (tertiary/aromatic N) is 2. The van der Waals surface area contributed by atoms with Crippen molar-refractivity contribution in [3.8, 4) is 5.69 Å². The van der Waals surface area contributed by atoms with Crippen molar-refractivity contribution in [1.29, 1.82) is 0 Å². The van der Waals surface area contributed by atoms with Gasteiger partial charge >= 0.3 is 0 Å². The Morgan fingerprint density at radius 2 is 1.53 bits per heavy atom. The molecule has 0 unspecified atom stereocenters. The number of hydrogen-bond donors (Lipinski definition) is 1. The first-order valence-electron chi connectivity index (χ1n) is 10.5. The van der Waals surface area contributed by atoms with Gasteiger partial charge in [0, 0.05) is 49.2 Å². The van der Waals surface area contributed by atoms with E-state index in [1.165, 1.54) is 5.56 Å². The molecule has 0 spiro atoms. The predicted octanol–water partition coefficient (Wildman–Crippen LogP) is 3.83. The molecule has 0 saturated carbocycles. The minimum atomic E-state index is 0.0583. The van der Waals surface area contributed by atoms with Crippen molar-refractivity contribution in [2.75, 3.05) is 13.1 Å². The fraction of sp³-hybridized carbons (Fsp3) is 0.280. The maximum absolute atomic E-state index is 12.8. The van der Waals surface area contributed by atoms with Crippen LogP contribution < -0.4 is 5.32 Å². The SMILES string of the molecule is O=C(CCc1ccccc1)NC1CCN(C(=O)c2ccc(-n3cccc3)cc2)CC1. The molecule has 1 N–H and O–H groups in total. The first kappa shape index (κ1) is 20.0. The van der Waals surface area contributed by atoms with E-state index < -0.39 is 0 Å². The third kappa shape index (κ3) is 4.98. The first-order valence-corrected chi connectivity index (χ1v) is 10.5. The monoisotopic (exact) mass is 401 g/mol. The van der Waals surface area contributed by atoms with E-state index >= 15 is 0 Å². The molecule has 0 radical (unpaired) electrons. The Bertz CT molecular complexity index is 957. The van der Waals surface area contributed by atoms with Crippen molar-refractivity contribution >= 4 is 11.8 Å². The van der Waals surface area contributed by atoms with Gasteiger partial charge in [-0.25, -0.2) is 0 Å². The number of carbonyl (C=O) groups is 2. The predicted molar refractivity (Wildman–Crippen MR) is 118 cm³/mol. The zero-order valence-electron chi connectivity index (χ0n) is 17.0. The van der Waals surface area contributed by atoms with Crippen LogP contribution in [-0.2, 0) is 11.2 Å². The van der Waals surface area contributed by atoms with Crippen molar-refractivity contribution in [1.82, 2.24) is 14.8 Å². The zero-order valence-corrected chi connectivity index (χ0v) is 17.0. The van der Waals surface area contributed by atoms with Crippen LogP contribution in [0.3, 0.4) is 0 Å². The van der Waals surface area contributed by atoms with Crippen molar-refractivity contribution in [2.24, 2.45) is 0 Å². The van der Waals surface area contributed by atoms with Crippen LogP contribution >= 0.6 is 0 Å². The van der Waals surface area contributed by atoms with E-state index in [9.17, 15) is 9.59 Å². The number of aryl methyl sites for hydroxylation is 1. The maximum Gasteiger partial charge on any atom is 0.253 e. The van der Waals surface area contributed by atoms with E-state index in [2.05, 4.69) is 5.32 Å². The number of likely N-dealkylation sites (tertiary alicyclic amines) is 1. The molecule has 4 rings (SSSR count). The second-order valence-electron chi connectivity index (χ2n) is 7.76. The van der Waals surface area contributed by atoms with E-state index in [1.54, 1.807) is 0 Å². The Morgan fingerprint density at radius 1 is 0.867 bits per heavy atom. The minimum Gasteiger partial charge on any atom is -0.353 e. The van der Waals surface area contributed by atoms with Gasteiger partial charge in [-0.1, -0.05) is 30.3 Å². The molecular weight excluding hydrogens is 374 g/mol. The third-order valence-electron chi connectivity index (χ3n) is 5.65. The highest BCUT2D eigenvalue weighted by molar-refractivity contribution is 5.94. The van der Waals surface area contributed by atoms with Gasteiger partial charge in [-0.05, 0) is 61.2 Å². The van der Waals surface area contributed by atoms with Gasteiger partial charge in [0.2, 0.25) is 5.91 Å². The molecule has 5 nitrogen and oxygen atoms in total. The zero-order chi connectivity index (χ0) is 20.8. The summed E-state index contributed by atoms with van der Waals surface area (Å²) in [4.78, 5) is 27.0. The molecule has 1 aromatic heterocycles. The molecule has 30 heavy (non-hydrogen) atoms. The Balaban J connectivity index is 1.24. The largest absolute Gasteiger partial charge is 0.353 e. The molecule has 3 aromatic rings. The summed E-state index contributed by atoms with van der Waals surface area (Å²) in [5.41, 5.74) is 2.92. The summed E-state index contributed by atoms with van der Waals surface area (Å²) in [5.74, 6) is 0.146. The van der Waals surface area contributed by atoms with Gasteiger partial charge in [0.1, 0.15) is 0 Å². The van der Waals surface area contributed by atoms with Crippen molar-refractivity contribution in [3.63, 3.8) is 0 Å². The van der Waals surface area contributed by atoms with E-state index in [-0.39, 0.29) is 17.9 Å². The van der Waals surface area contributed by atoms with Crippen LogP contribution in [-0.4, -0.2) is 40.4 Å². The van der Waals surface area contributed by atoms with E-state index in [0.29, 0.717) is 25.1 Å². The average molecular weight is 402 g/mol. The Labute approximate surface area is 177 Å². The van der Waals surface area contributed by atoms with Crippen LogP contribution in [0.1, 0.15) is 35.2 Å². The van der Waals surface area contributed by atoms with Gasteiger partial charge in [-0.2, -0.15) is 0 Å². The van der Waals surface area contributed by atoms with E-state index in [4.69, 9.17) is 0 Å². The van der Waals surface area contributed by atoms with Crippen LogP contribution in [0.2, 0.25) is 0 Å². The van der Waals surface area contributed by atoms with Gasteiger partial charge in [-0.3, -0.25) is 9.59 Å². The number of hydrogen-bond acceptors (Lipinski definition) is 2. The van der Waals surface area contributed by atoms with E-state index in [0.717, 1.165) is 24.9 Å². The van der Waals surface area contributed by atoms with Crippen LogP contribution in [0.25, 0.3) is 5.69 Å². The molecule has 5 heteroatoms. The molecule has 0 bridgehead atoms. The van der Waals surface area contributed by atoms with Crippen molar-refractivity contribution in [2.45, 2.75) is 31.7 Å². The fourth-order valence-corrected chi connectivity index (χ4v) is 3.89. The highest BCUT2D eigenvalue weighted by Crippen LogP contribution is 2.16. The molecule has 0 aliphatic carbocycles. The molecule has 1 saturated heterocycles. The second kappa shape index (κ2) is 9.44. The number of carbonyl (C=O) groups excluding carboxylic acids is 2. The summed E-state index contributed by atoms with van der Waals surface area (Å²) in [7, 11) is 0. The molecule has 2 aromatic carbocycles. The number of benzene rings is 2. The molecule has 1 aliphatic rings. The Kier molecular flexibility index (Phi) is 6.28. The summed E-state index contributed by atoms with van der Waals surface area (Å²) in [6.45, 7) is 1.34. The normalized spacial score (nSPS) is 14.5. The van der Waals surface area contributed by atoms with Gasteiger partial charge in [0.15, 0.2) is 0 Å². The highest BCUT2D eigenvalue weighted by atomic mass is 16.2. The topological polar surface area (TPSA) is 54.3 Å². The summed E-state index contributed by atoms with van der Waals surface area (Å²) >= 11 is 0. The summed E-state index contributed by atoms with van der Waals surface area (Å²) in [6, 6.07) is 21.9. The number of aromatic nitrogens is 1. The Morgan fingerprint density at radius 3 is 2.20 bits per heavy atom. The number of rotatable bonds is 6. The number of piperidine rings is 1. The lowest BCUT2D eigenvalue weighted by molar-refractivity contribution is -0.122. The lowest BCUT2D eigenvalue weighted by atomic mass is 10.0. The first-order chi connectivity index (χ1) is 14.7. The number of nitrogens with one attached hydrogen (secondary N) is 1. The minimum absolute atomic E-state index is 0.0583. The number of amides is 2. The molecular formula is C25H27N3O2. The third-order valence-corrected chi connectivity index (χ3v) is 5.65. The summed E-state index contributed by atoms with van der Waals surface area (Å²) < 4.78 is 2.01. The molecule has 2 amide bonds.